The van der Waals surface area contributed by atoms with Gasteiger partial charge in [-0.05, 0) is 48.2 Å². The first-order valence-electron chi connectivity index (χ1n) is 10.8. The van der Waals surface area contributed by atoms with E-state index in [2.05, 4.69) is 0 Å². The molecule has 1 saturated heterocycles. The Hall–Kier alpha value is -3.13. The number of hydrogen-bond donors (Lipinski definition) is 1. The zero-order valence-electron chi connectivity index (χ0n) is 20.0. The Morgan fingerprint density at radius 1 is 0.909 bits per heavy atom. The molecule has 3 rings (SSSR count). The van der Waals surface area contributed by atoms with Crippen molar-refractivity contribution in [1.82, 2.24) is 4.90 Å². The Morgan fingerprint density at radius 2 is 1.55 bits per heavy atom. The van der Waals surface area contributed by atoms with E-state index < -0.39 is 0 Å². The minimum atomic E-state index is -0.348. The van der Waals surface area contributed by atoms with Gasteiger partial charge in [-0.15, -0.1) is 0 Å². The summed E-state index contributed by atoms with van der Waals surface area (Å²) in [4.78, 5) is 15.1. The SMILES string of the molecule is COc1ccc(C2(CCO)CCN(C(=O)Cc3cc(OC)c(OC)c(OC)c3)C2)cc1OC. The summed E-state index contributed by atoms with van der Waals surface area (Å²) in [6, 6.07) is 9.40. The zero-order chi connectivity index (χ0) is 24.0. The van der Waals surface area contributed by atoms with Gasteiger partial charge in [0.2, 0.25) is 11.7 Å². The fraction of sp³-hybridized carbons (Fsp3) is 0.480. The molecule has 0 spiro atoms. The van der Waals surface area contributed by atoms with Crippen molar-refractivity contribution in [1.29, 1.82) is 0 Å². The lowest BCUT2D eigenvalue weighted by Crippen LogP contribution is -2.36. The van der Waals surface area contributed by atoms with E-state index in [0.717, 1.165) is 17.5 Å². The van der Waals surface area contributed by atoms with Gasteiger partial charge in [-0.2, -0.15) is 0 Å². The number of aliphatic hydroxyl groups excluding tert-OH is 1. The Bertz CT molecular complexity index is 952. The van der Waals surface area contributed by atoms with Crippen molar-refractivity contribution < 1.29 is 33.6 Å². The van der Waals surface area contributed by atoms with Crippen molar-refractivity contribution in [2.45, 2.75) is 24.7 Å². The Labute approximate surface area is 195 Å². The molecule has 1 N–H and O–H groups in total. The Balaban J connectivity index is 1.83. The largest absolute Gasteiger partial charge is 0.493 e. The molecule has 1 fully saturated rings. The molecule has 2 aromatic rings. The fourth-order valence-electron chi connectivity index (χ4n) is 4.57. The first-order valence-corrected chi connectivity index (χ1v) is 10.8. The van der Waals surface area contributed by atoms with E-state index in [1.54, 1.807) is 47.7 Å². The molecule has 0 radical (unpaired) electrons. The normalized spacial score (nSPS) is 17.6. The summed E-state index contributed by atoms with van der Waals surface area (Å²) in [5.74, 6) is 2.81. The fourth-order valence-corrected chi connectivity index (χ4v) is 4.57. The molecule has 1 atom stereocenters. The zero-order valence-corrected chi connectivity index (χ0v) is 20.0. The molecule has 1 aliphatic heterocycles. The number of methoxy groups -OCH3 is 5. The Morgan fingerprint density at radius 3 is 2.09 bits per heavy atom. The molecule has 2 aromatic carbocycles. The molecule has 33 heavy (non-hydrogen) atoms. The number of ether oxygens (including phenoxy) is 5. The average molecular weight is 460 g/mol. The third-order valence-electron chi connectivity index (χ3n) is 6.37. The summed E-state index contributed by atoms with van der Waals surface area (Å²) < 4.78 is 27.0. The van der Waals surface area contributed by atoms with Crippen LogP contribution in [-0.4, -0.2) is 71.2 Å². The number of nitrogens with zero attached hydrogens (tertiary/aromatic N) is 1. The maximum Gasteiger partial charge on any atom is 0.227 e. The highest BCUT2D eigenvalue weighted by molar-refractivity contribution is 5.80. The van der Waals surface area contributed by atoms with Crippen LogP contribution in [0.3, 0.4) is 0 Å². The van der Waals surface area contributed by atoms with Crippen LogP contribution >= 0.6 is 0 Å². The van der Waals surface area contributed by atoms with E-state index in [9.17, 15) is 9.90 Å². The van der Waals surface area contributed by atoms with E-state index in [0.29, 0.717) is 48.3 Å². The van der Waals surface area contributed by atoms with Crippen LogP contribution in [0.15, 0.2) is 30.3 Å². The van der Waals surface area contributed by atoms with Crippen LogP contribution < -0.4 is 23.7 Å². The van der Waals surface area contributed by atoms with Crippen LogP contribution in [0.1, 0.15) is 24.0 Å². The van der Waals surface area contributed by atoms with Crippen LogP contribution in [0.2, 0.25) is 0 Å². The average Bonchev–Trinajstić information content (AvgIpc) is 3.28. The van der Waals surface area contributed by atoms with Crippen LogP contribution in [0.4, 0.5) is 0 Å². The van der Waals surface area contributed by atoms with E-state index in [-0.39, 0.29) is 24.3 Å². The van der Waals surface area contributed by atoms with Crippen LogP contribution in [-0.2, 0) is 16.6 Å². The number of amides is 1. The van der Waals surface area contributed by atoms with Gasteiger partial charge in [0.1, 0.15) is 0 Å². The standard InChI is InChI=1S/C25H33NO7/c1-29-19-7-6-18(15-20(19)30-2)25(9-11-27)8-10-26(16-25)23(28)14-17-12-21(31-3)24(33-5)22(13-17)32-4/h6-7,12-13,15,27H,8-11,14,16H2,1-5H3. The molecule has 8 heteroatoms. The number of likely N-dealkylation sites (tertiary alicyclic amines) is 1. The van der Waals surface area contributed by atoms with Crippen molar-refractivity contribution >= 4 is 5.91 Å². The highest BCUT2D eigenvalue weighted by Gasteiger charge is 2.41. The smallest absolute Gasteiger partial charge is 0.227 e. The lowest BCUT2D eigenvalue weighted by molar-refractivity contribution is -0.129. The molecule has 1 heterocycles. The van der Waals surface area contributed by atoms with E-state index >= 15 is 0 Å². The first-order chi connectivity index (χ1) is 15.9. The first kappa shape index (κ1) is 24.5. The minimum Gasteiger partial charge on any atom is -0.493 e. The summed E-state index contributed by atoms with van der Waals surface area (Å²) in [6.07, 6.45) is 1.51. The predicted molar refractivity (Wildman–Crippen MR) is 124 cm³/mol. The van der Waals surface area contributed by atoms with Gasteiger partial charge in [0.05, 0.1) is 42.0 Å². The third-order valence-corrected chi connectivity index (χ3v) is 6.37. The predicted octanol–water partition coefficient (Wildman–Crippen LogP) is 2.82. The topological polar surface area (TPSA) is 86.7 Å². The number of carbonyl (C=O) groups is 1. The molecular weight excluding hydrogens is 426 g/mol. The maximum atomic E-state index is 13.2. The van der Waals surface area contributed by atoms with Crippen LogP contribution in [0.25, 0.3) is 0 Å². The quantitative estimate of drug-likeness (QED) is 0.585. The van der Waals surface area contributed by atoms with E-state index in [4.69, 9.17) is 23.7 Å². The summed E-state index contributed by atoms with van der Waals surface area (Å²) in [7, 11) is 7.85. The second-order valence-electron chi connectivity index (χ2n) is 8.10. The van der Waals surface area contributed by atoms with Crippen LogP contribution in [0, 0.1) is 0 Å². The number of hydrogen-bond acceptors (Lipinski definition) is 7. The monoisotopic (exact) mass is 459 g/mol. The molecular formula is C25H33NO7. The molecule has 0 aromatic heterocycles. The number of benzene rings is 2. The molecule has 0 bridgehead atoms. The van der Waals surface area contributed by atoms with E-state index in [1.807, 2.05) is 23.1 Å². The summed E-state index contributed by atoms with van der Waals surface area (Å²) >= 11 is 0. The van der Waals surface area contributed by atoms with Gasteiger partial charge in [0.15, 0.2) is 23.0 Å². The van der Waals surface area contributed by atoms with E-state index in [1.165, 1.54) is 0 Å². The van der Waals surface area contributed by atoms with Gasteiger partial charge in [-0.25, -0.2) is 0 Å². The molecule has 1 unspecified atom stereocenters. The molecule has 0 aliphatic carbocycles. The summed E-state index contributed by atoms with van der Waals surface area (Å²) in [5, 5.41) is 9.81. The van der Waals surface area contributed by atoms with Gasteiger partial charge >= 0.3 is 0 Å². The molecule has 1 aliphatic rings. The summed E-state index contributed by atoms with van der Waals surface area (Å²) in [6.45, 7) is 1.16. The molecule has 180 valence electrons. The molecule has 8 nitrogen and oxygen atoms in total. The second kappa shape index (κ2) is 10.7. The van der Waals surface area contributed by atoms with Gasteiger partial charge < -0.3 is 33.7 Å². The number of rotatable bonds is 10. The lowest BCUT2D eigenvalue weighted by Gasteiger charge is -2.30. The number of aliphatic hydroxyl groups is 1. The van der Waals surface area contributed by atoms with Crippen molar-refractivity contribution in [3.8, 4) is 28.7 Å². The minimum absolute atomic E-state index is 0.00423. The molecule has 0 saturated carbocycles. The maximum absolute atomic E-state index is 13.2. The van der Waals surface area contributed by atoms with Crippen molar-refractivity contribution in [3.05, 3.63) is 41.5 Å². The highest BCUT2D eigenvalue weighted by Crippen LogP contribution is 2.42. The lowest BCUT2D eigenvalue weighted by atomic mass is 9.77. The third kappa shape index (κ3) is 4.95. The van der Waals surface area contributed by atoms with Crippen LogP contribution in [0.5, 0.6) is 28.7 Å². The number of carbonyl (C=O) groups excluding carboxylic acids is 1. The van der Waals surface area contributed by atoms with Gasteiger partial charge in [-0.3, -0.25) is 4.79 Å². The van der Waals surface area contributed by atoms with Crippen molar-refractivity contribution in [3.63, 3.8) is 0 Å². The van der Waals surface area contributed by atoms with Crippen molar-refractivity contribution in [2.24, 2.45) is 0 Å². The van der Waals surface area contributed by atoms with Gasteiger partial charge in [-0.1, -0.05) is 6.07 Å². The highest BCUT2D eigenvalue weighted by atomic mass is 16.5. The Kier molecular flexibility index (Phi) is 7.92. The van der Waals surface area contributed by atoms with Crippen molar-refractivity contribution in [2.75, 3.05) is 55.2 Å². The second-order valence-corrected chi connectivity index (χ2v) is 8.10. The summed E-state index contributed by atoms with van der Waals surface area (Å²) in [5.41, 5.74) is 1.46. The molecule has 1 amide bonds. The van der Waals surface area contributed by atoms with Gasteiger partial charge in [0.25, 0.3) is 0 Å². The van der Waals surface area contributed by atoms with Gasteiger partial charge in [0, 0.05) is 25.1 Å².